The summed E-state index contributed by atoms with van der Waals surface area (Å²) >= 11 is 0. The van der Waals surface area contributed by atoms with Crippen LogP contribution in [0.25, 0.3) is 0 Å². The Hall–Kier alpha value is -2.11. The SMILES string of the molecule is CN(C)C(=O)CNC(=O)c1ccc(N)c(F)c1. The predicted octanol–water partition coefficient (Wildman–Crippen LogP) is 0.226. The largest absolute Gasteiger partial charge is 0.396 e. The van der Waals surface area contributed by atoms with E-state index in [0.717, 1.165) is 6.07 Å². The third-order valence-corrected chi connectivity index (χ3v) is 2.16. The number of benzene rings is 1. The number of likely N-dealkylation sites (N-methyl/N-ethyl adjacent to an activating group) is 1. The highest BCUT2D eigenvalue weighted by molar-refractivity contribution is 5.96. The Kier molecular flexibility index (Phi) is 4.03. The van der Waals surface area contributed by atoms with Gasteiger partial charge in [0.2, 0.25) is 5.91 Å². The molecule has 0 bridgehead atoms. The number of anilines is 1. The summed E-state index contributed by atoms with van der Waals surface area (Å²) in [5.41, 5.74) is 5.39. The van der Waals surface area contributed by atoms with Crippen LogP contribution in [0.2, 0.25) is 0 Å². The zero-order valence-electron chi connectivity index (χ0n) is 9.66. The van der Waals surface area contributed by atoms with Crippen molar-refractivity contribution in [1.82, 2.24) is 10.2 Å². The molecular weight excluding hydrogens is 225 g/mol. The molecule has 0 heterocycles. The van der Waals surface area contributed by atoms with Crippen LogP contribution in [0.4, 0.5) is 10.1 Å². The Balaban J connectivity index is 2.64. The molecule has 1 aromatic rings. The number of rotatable bonds is 3. The van der Waals surface area contributed by atoms with Crippen LogP contribution in [-0.2, 0) is 4.79 Å². The van der Waals surface area contributed by atoms with Gasteiger partial charge in [-0.05, 0) is 18.2 Å². The molecule has 0 saturated carbocycles. The second-order valence-corrected chi connectivity index (χ2v) is 3.71. The molecular formula is C11H14FN3O2. The van der Waals surface area contributed by atoms with Crippen LogP contribution in [-0.4, -0.2) is 37.4 Å². The Morgan fingerprint density at radius 2 is 2.06 bits per heavy atom. The maximum atomic E-state index is 13.1. The van der Waals surface area contributed by atoms with Crippen molar-refractivity contribution < 1.29 is 14.0 Å². The Morgan fingerprint density at radius 3 is 2.59 bits per heavy atom. The summed E-state index contributed by atoms with van der Waals surface area (Å²) in [5.74, 6) is -1.41. The number of nitrogens with zero attached hydrogens (tertiary/aromatic N) is 1. The second-order valence-electron chi connectivity index (χ2n) is 3.71. The number of nitrogen functional groups attached to an aromatic ring is 1. The van der Waals surface area contributed by atoms with Gasteiger partial charge in [-0.2, -0.15) is 0 Å². The lowest BCUT2D eigenvalue weighted by Gasteiger charge is -2.11. The molecule has 92 valence electrons. The van der Waals surface area contributed by atoms with E-state index in [1.54, 1.807) is 14.1 Å². The quantitative estimate of drug-likeness (QED) is 0.741. The first-order valence-electron chi connectivity index (χ1n) is 4.95. The van der Waals surface area contributed by atoms with Crippen molar-refractivity contribution in [3.05, 3.63) is 29.6 Å². The van der Waals surface area contributed by atoms with Crippen LogP contribution in [0.1, 0.15) is 10.4 Å². The van der Waals surface area contributed by atoms with E-state index >= 15 is 0 Å². The maximum Gasteiger partial charge on any atom is 0.251 e. The Morgan fingerprint density at radius 1 is 1.41 bits per heavy atom. The van der Waals surface area contributed by atoms with Gasteiger partial charge in [0.15, 0.2) is 0 Å². The summed E-state index contributed by atoms with van der Waals surface area (Å²) in [6.45, 7) is -0.127. The van der Waals surface area contributed by atoms with Gasteiger partial charge >= 0.3 is 0 Å². The third-order valence-electron chi connectivity index (χ3n) is 2.16. The molecule has 0 saturated heterocycles. The molecule has 1 aromatic carbocycles. The van der Waals surface area contributed by atoms with E-state index in [1.165, 1.54) is 17.0 Å². The molecule has 2 amide bonds. The molecule has 0 aromatic heterocycles. The first kappa shape index (κ1) is 13.0. The molecule has 3 N–H and O–H groups in total. The highest BCUT2D eigenvalue weighted by Crippen LogP contribution is 2.11. The Bertz CT molecular complexity index is 446. The van der Waals surface area contributed by atoms with Crippen LogP contribution >= 0.6 is 0 Å². The smallest absolute Gasteiger partial charge is 0.251 e. The number of amides is 2. The number of halogens is 1. The zero-order valence-corrected chi connectivity index (χ0v) is 9.66. The number of hydrogen-bond acceptors (Lipinski definition) is 3. The molecule has 6 heteroatoms. The molecule has 0 spiro atoms. The third kappa shape index (κ3) is 3.44. The monoisotopic (exact) mass is 239 g/mol. The number of carbonyl (C=O) groups excluding carboxylic acids is 2. The van der Waals surface area contributed by atoms with Gasteiger partial charge in [0, 0.05) is 19.7 Å². The molecule has 0 atom stereocenters. The summed E-state index contributed by atoms with van der Waals surface area (Å²) in [7, 11) is 3.16. The molecule has 0 radical (unpaired) electrons. The lowest BCUT2D eigenvalue weighted by atomic mass is 10.2. The van der Waals surface area contributed by atoms with E-state index in [1.807, 2.05) is 0 Å². The van der Waals surface area contributed by atoms with Crippen molar-refractivity contribution >= 4 is 17.5 Å². The molecule has 0 aliphatic rings. The molecule has 0 unspecified atom stereocenters. The lowest BCUT2D eigenvalue weighted by molar-refractivity contribution is -0.127. The normalized spacial score (nSPS) is 9.82. The molecule has 17 heavy (non-hydrogen) atoms. The van der Waals surface area contributed by atoms with Gasteiger partial charge in [-0.15, -0.1) is 0 Å². The number of nitrogens with one attached hydrogen (secondary N) is 1. The van der Waals surface area contributed by atoms with Gasteiger partial charge in [-0.25, -0.2) is 4.39 Å². The van der Waals surface area contributed by atoms with Crippen molar-refractivity contribution in [3.63, 3.8) is 0 Å². The summed E-state index contributed by atoms with van der Waals surface area (Å²) in [6, 6.07) is 3.73. The molecule has 1 rings (SSSR count). The predicted molar refractivity (Wildman–Crippen MR) is 61.8 cm³/mol. The summed E-state index contributed by atoms with van der Waals surface area (Å²) in [6.07, 6.45) is 0. The van der Waals surface area contributed by atoms with E-state index in [-0.39, 0.29) is 23.7 Å². The van der Waals surface area contributed by atoms with Gasteiger partial charge in [0.25, 0.3) is 5.91 Å². The van der Waals surface area contributed by atoms with Crippen LogP contribution in [0.15, 0.2) is 18.2 Å². The first-order valence-corrected chi connectivity index (χ1v) is 4.95. The average Bonchev–Trinajstić information content (AvgIpc) is 2.28. The van der Waals surface area contributed by atoms with Gasteiger partial charge in [-0.3, -0.25) is 9.59 Å². The summed E-state index contributed by atoms with van der Waals surface area (Å²) in [4.78, 5) is 24.1. The van der Waals surface area contributed by atoms with Crippen molar-refractivity contribution in [1.29, 1.82) is 0 Å². The fourth-order valence-corrected chi connectivity index (χ4v) is 1.08. The fourth-order valence-electron chi connectivity index (χ4n) is 1.08. The minimum absolute atomic E-state index is 0.0223. The van der Waals surface area contributed by atoms with Gasteiger partial charge in [-0.1, -0.05) is 0 Å². The van der Waals surface area contributed by atoms with Crippen molar-refractivity contribution in [2.75, 3.05) is 26.4 Å². The minimum atomic E-state index is -0.656. The number of hydrogen-bond donors (Lipinski definition) is 2. The molecule has 0 fully saturated rings. The van der Waals surface area contributed by atoms with Crippen LogP contribution < -0.4 is 11.1 Å². The van der Waals surface area contributed by atoms with Crippen molar-refractivity contribution in [2.24, 2.45) is 0 Å². The van der Waals surface area contributed by atoms with Crippen LogP contribution in [0.3, 0.4) is 0 Å². The summed E-state index contributed by atoms with van der Waals surface area (Å²) in [5, 5.41) is 2.39. The minimum Gasteiger partial charge on any atom is -0.396 e. The van der Waals surface area contributed by atoms with Crippen molar-refractivity contribution in [3.8, 4) is 0 Å². The average molecular weight is 239 g/mol. The van der Waals surface area contributed by atoms with Crippen LogP contribution in [0.5, 0.6) is 0 Å². The molecule has 5 nitrogen and oxygen atoms in total. The van der Waals surface area contributed by atoms with Crippen molar-refractivity contribution in [2.45, 2.75) is 0 Å². The van der Waals surface area contributed by atoms with E-state index in [9.17, 15) is 14.0 Å². The number of nitrogens with two attached hydrogens (primary N) is 1. The lowest BCUT2D eigenvalue weighted by Crippen LogP contribution is -2.36. The highest BCUT2D eigenvalue weighted by Gasteiger charge is 2.10. The van der Waals surface area contributed by atoms with Gasteiger partial charge in [0.05, 0.1) is 12.2 Å². The molecule has 0 aliphatic heterocycles. The topological polar surface area (TPSA) is 75.4 Å². The van der Waals surface area contributed by atoms with E-state index in [2.05, 4.69) is 5.32 Å². The summed E-state index contributed by atoms with van der Waals surface area (Å²) < 4.78 is 13.1. The van der Waals surface area contributed by atoms with Crippen LogP contribution in [0, 0.1) is 5.82 Å². The highest BCUT2D eigenvalue weighted by atomic mass is 19.1. The zero-order chi connectivity index (χ0) is 13.0. The van der Waals surface area contributed by atoms with E-state index in [0.29, 0.717) is 0 Å². The number of carbonyl (C=O) groups is 2. The standard InChI is InChI=1S/C11H14FN3O2/c1-15(2)10(16)6-14-11(17)7-3-4-9(13)8(12)5-7/h3-5H,6,13H2,1-2H3,(H,14,17). The second kappa shape index (κ2) is 5.29. The van der Waals surface area contributed by atoms with E-state index < -0.39 is 11.7 Å². The fraction of sp³-hybridized carbons (Fsp3) is 0.273. The molecule has 0 aliphatic carbocycles. The first-order chi connectivity index (χ1) is 7.91. The van der Waals surface area contributed by atoms with Gasteiger partial charge < -0.3 is 16.0 Å². The Labute approximate surface area is 98.4 Å². The maximum absolute atomic E-state index is 13.1. The van der Waals surface area contributed by atoms with Gasteiger partial charge in [0.1, 0.15) is 5.82 Å². The van der Waals surface area contributed by atoms with E-state index in [4.69, 9.17) is 5.73 Å².